The first-order chi connectivity index (χ1) is 9.25. The van der Waals surface area contributed by atoms with Crippen molar-refractivity contribution in [1.82, 2.24) is 10.4 Å². The number of hydrogen-bond acceptors (Lipinski definition) is 3. The van der Waals surface area contributed by atoms with E-state index in [0.29, 0.717) is 12.2 Å². The number of carbonyl (C=O) groups excluding carboxylic acids is 1. The van der Waals surface area contributed by atoms with Gasteiger partial charge in [0.2, 0.25) is 0 Å². The van der Waals surface area contributed by atoms with Gasteiger partial charge < -0.3 is 4.90 Å². The van der Waals surface area contributed by atoms with Crippen molar-refractivity contribution in [3.8, 4) is 0 Å². The minimum absolute atomic E-state index is 0.178. The van der Waals surface area contributed by atoms with Crippen molar-refractivity contribution in [2.45, 2.75) is 26.2 Å². The maximum Gasteiger partial charge on any atom is 0.274 e. The number of amides is 1. The van der Waals surface area contributed by atoms with Gasteiger partial charge in [-0.15, -0.1) is 0 Å². The number of hydrogen-bond donors (Lipinski definition) is 1. The number of rotatable bonds is 5. The van der Waals surface area contributed by atoms with E-state index in [-0.39, 0.29) is 5.91 Å². The highest BCUT2D eigenvalue weighted by Gasteiger charge is 2.10. The summed E-state index contributed by atoms with van der Waals surface area (Å²) in [6.45, 7) is 5.68. The van der Waals surface area contributed by atoms with E-state index in [9.17, 15) is 4.79 Å². The zero-order valence-electron chi connectivity index (χ0n) is 11.5. The summed E-state index contributed by atoms with van der Waals surface area (Å²) in [6, 6.07) is 7.48. The number of aryl methyl sites for hydroxylation is 1. The van der Waals surface area contributed by atoms with E-state index in [2.05, 4.69) is 10.4 Å². The van der Waals surface area contributed by atoms with Gasteiger partial charge in [-0.2, -0.15) is 0 Å². The minimum atomic E-state index is -0.178. The third-order valence-electron chi connectivity index (χ3n) is 3.40. The zero-order chi connectivity index (χ0) is 13.5. The van der Waals surface area contributed by atoms with Gasteiger partial charge in [-0.1, -0.05) is 24.1 Å². The van der Waals surface area contributed by atoms with Crippen molar-refractivity contribution < 1.29 is 9.63 Å². The Morgan fingerprint density at radius 3 is 2.84 bits per heavy atom. The Kier molecular flexibility index (Phi) is 5.36. The summed E-state index contributed by atoms with van der Waals surface area (Å²) in [5.41, 5.74) is 4.21. The van der Waals surface area contributed by atoms with E-state index in [0.717, 1.165) is 25.2 Å². The Bertz CT molecular complexity index is 414. The quantitative estimate of drug-likeness (QED) is 0.653. The number of piperidine rings is 1. The molecule has 19 heavy (non-hydrogen) atoms. The van der Waals surface area contributed by atoms with Gasteiger partial charge in [0, 0.05) is 12.1 Å². The molecule has 1 aliphatic rings. The van der Waals surface area contributed by atoms with E-state index >= 15 is 0 Å². The van der Waals surface area contributed by atoms with Crippen LogP contribution in [0.2, 0.25) is 0 Å². The number of nitrogens with one attached hydrogen (secondary N) is 1. The summed E-state index contributed by atoms with van der Waals surface area (Å²) in [5, 5.41) is 0. The van der Waals surface area contributed by atoms with Crippen LogP contribution in [0.15, 0.2) is 24.3 Å². The summed E-state index contributed by atoms with van der Waals surface area (Å²) >= 11 is 0. The van der Waals surface area contributed by atoms with Gasteiger partial charge in [0.1, 0.15) is 0 Å². The van der Waals surface area contributed by atoms with Crippen LogP contribution in [0.25, 0.3) is 0 Å². The predicted molar refractivity (Wildman–Crippen MR) is 74.9 cm³/mol. The Balaban J connectivity index is 1.66. The maximum atomic E-state index is 11.8. The van der Waals surface area contributed by atoms with Crippen LogP contribution < -0.4 is 5.48 Å². The molecule has 2 rings (SSSR count). The molecule has 0 radical (unpaired) electrons. The normalized spacial score (nSPS) is 16.3. The summed E-state index contributed by atoms with van der Waals surface area (Å²) in [4.78, 5) is 19.4. The smallest absolute Gasteiger partial charge is 0.274 e. The van der Waals surface area contributed by atoms with Crippen LogP contribution in [0.1, 0.15) is 35.2 Å². The highest BCUT2D eigenvalue weighted by atomic mass is 16.6. The molecule has 1 N–H and O–H groups in total. The van der Waals surface area contributed by atoms with Crippen molar-refractivity contribution >= 4 is 5.91 Å². The topological polar surface area (TPSA) is 41.6 Å². The van der Waals surface area contributed by atoms with E-state index in [4.69, 9.17) is 4.84 Å². The molecule has 1 heterocycles. The number of carbonyl (C=O) groups is 1. The van der Waals surface area contributed by atoms with Crippen LogP contribution >= 0.6 is 0 Å². The molecule has 1 aromatic rings. The maximum absolute atomic E-state index is 11.8. The average Bonchev–Trinajstić information content (AvgIpc) is 2.44. The van der Waals surface area contributed by atoms with Crippen LogP contribution in [0.4, 0.5) is 0 Å². The molecule has 0 bridgehead atoms. The molecule has 1 aromatic carbocycles. The molecule has 1 fully saturated rings. The Morgan fingerprint density at radius 2 is 2.11 bits per heavy atom. The first kappa shape index (κ1) is 14.0. The minimum Gasteiger partial charge on any atom is -0.301 e. The van der Waals surface area contributed by atoms with E-state index in [1.807, 2.05) is 25.1 Å². The van der Waals surface area contributed by atoms with Gasteiger partial charge in [-0.05, 0) is 45.0 Å². The predicted octanol–water partition coefficient (Wildman–Crippen LogP) is 2.14. The van der Waals surface area contributed by atoms with E-state index < -0.39 is 0 Å². The van der Waals surface area contributed by atoms with Gasteiger partial charge in [-0.25, -0.2) is 5.48 Å². The summed E-state index contributed by atoms with van der Waals surface area (Å²) in [6.07, 6.45) is 3.88. The van der Waals surface area contributed by atoms with Gasteiger partial charge >= 0.3 is 0 Å². The lowest BCUT2D eigenvalue weighted by Gasteiger charge is -2.25. The second-order valence-electron chi connectivity index (χ2n) is 5.05. The standard InChI is InChI=1S/C15H22N2O2/c1-13-6-5-7-14(12-13)15(18)16-19-11-10-17-8-3-2-4-9-17/h5-7,12H,2-4,8-11H2,1H3,(H,16,18). The fraction of sp³-hybridized carbons (Fsp3) is 0.533. The largest absolute Gasteiger partial charge is 0.301 e. The first-order valence-corrected chi connectivity index (χ1v) is 6.97. The Hall–Kier alpha value is -1.39. The number of likely N-dealkylation sites (tertiary alicyclic amines) is 1. The molecular weight excluding hydrogens is 240 g/mol. The molecule has 1 amide bonds. The molecule has 0 saturated carbocycles. The lowest BCUT2D eigenvalue weighted by Crippen LogP contribution is -2.35. The van der Waals surface area contributed by atoms with Crippen molar-refractivity contribution in [2.24, 2.45) is 0 Å². The second kappa shape index (κ2) is 7.26. The molecule has 0 unspecified atom stereocenters. The van der Waals surface area contributed by atoms with Gasteiger partial charge in [0.15, 0.2) is 0 Å². The molecule has 4 heteroatoms. The molecule has 0 aliphatic carbocycles. The average molecular weight is 262 g/mol. The third kappa shape index (κ3) is 4.65. The van der Waals surface area contributed by atoms with E-state index in [1.165, 1.54) is 19.3 Å². The number of nitrogens with zero attached hydrogens (tertiary/aromatic N) is 1. The van der Waals surface area contributed by atoms with Crippen molar-refractivity contribution in [1.29, 1.82) is 0 Å². The van der Waals surface area contributed by atoms with Crippen LogP contribution in [0, 0.1) is 6.92 Å². The van der Waals surface area contributed by atoms with Crippen LogP contribution in [0.3, 0.4) is 0 Å². The molecule has 0 aromatic heterocycles. The molecule has 4 nitrogen and oxygen atoms in total. The van der Waals surface area contributed by atoms with Crippen LogP contribution in [-0.2, 0) is 4.84 Å². The summed E-state index contributed by atoms with van der Waals surface area (Å²) in [5.74, 6) is -0.178. The summed E-state index contributed by atoms with van der Waals surface area (Å²) in [7, 11) is 0. The zero-order valence-corrected chi connectivity index (χ0v) is 11.5. The lowest BCUT2D eigenvalue weighted by molar-refractivity contribution is 0.0206. The molecular formula is C15H22N2O2. The molecule has 1 aliphatic heterocycles. The van der Waals surface area contributed by atoms with Gasteiger partial charge in [0.25, 0.3) is 5.91 Å². The number of benzene rings is 1. The molecule has 1 saturated heterocycles. The van der Waals surface area contributed by atoms with Crippen LogP contribution in [0.5, 0.6) is 0 Å². The highest BCUT2D eigenvalue weighted by molar-refractivity contribution is 5.93. The monoisotopic (exact) mass is 262 g/mol. The lowest BCUT2D eigenvalue weighted by atomic mass is 10.1. The molecule has 104 valence electrons. The third-order valence-corrected chi connectivity index (χ3v) is 3.40. The fourth-order valence-corrected chi connectivity index (χ4v) is 2.32. The summed E-state index contributed by atoms with van der Waals surface area (Å²) < 4.78 is 0. The van der Waals surface area contributed by atoms with Gasteiger partial charge in [-0.3, -0.25) is 9.63 Å². The van der Waals surface area contributed by atoms with Crippen LogP contribution in [-0.4, -0.2) is 37.0 Å². The Labute approximate surface area is 114 Å². The van der Waals surface area contributed by atoms with Crippen molar-refractivity contribution in [3.05, 3.63) is 35.4 Å². The fourth-order valence-electron chi connectivity index (χ4n) is 2.32. The number of hydroxylamine groups is 1. The van der Waals surface area contributed by atoms with Crippen molar-refractivity contribution in [3.63, 3.8) is 0 Å². The van der Waals surface area contributed by atoms with E-state index in [1.54, 1.807) is 6.07 Å². The second-order valence-corrected chi connectivity index (χ2v) is 5.05. The SMILES string of the molecule is Cc1cccc(C(=O)NOCCN2CCCCC2)c1. The Morgan fingerprint density at radius 1 is 1.32 bits per heavy atom. The molecule has 0 atom stereocenters. The van der Waals surface area contributed by atoms with Gasteiger partial charge in [0.05, 0.1) is 6.61 Å². The molecule has 0 spiro atoms. The van der Waals surface area contributed by atoms with Crippen molar-refractivity contribution in [2.75, 3.05) is 26.2 Å². The highest BCUT2D eigenvalue weighted by Crippen LogP contribution is 2.07. The first-order valence-electron chi connectivity index (χ1n) is 6.97.